The van der Waals surface area contributed by atoms with Crippen molar-refractivity contribution in [3.63, 3.8) is 0 Å². The first-order valence-corrected chi connectivity index (χ1v) is 11.2. The quantitative estimate of drug-likeness (QED) is 0.443. The van der Waals surface area contributed by atoms with Crippen LogP contribution in [-0.2, 0) is 9.53 Å². The summed E-state index contributed by atoms with van der Waals surface area (Å²) in [6, 6.07) is 20.4. The van der Waals surface area contributed by atoms with E-state index < -0.39 is 8.07 Å². The maximum atomic E-state index is 12.3. The van der Waals surface area contributed by atoms with Gasteiger partial charge in [-0.25, -0.2) is 0 Å². The first-order chi connectivity index (χ1) is 11.6. The van der Waals surface area contributed by atoms with E-state index in [2.05, 4.69) is 25.2 Å². The second-order valence-corrected chi connectivity index (χ2v) is 10.9. The third-order valence-corrected chi connectivity index (χ3v) is 8.06. The zero-order valence-electron chi connectivity index (χ0n) is 14.5. The van der Waals surface area contributed by atoms with Crippen LogP contribution in [0.25, 0.3) is 6.08 Å². The summed E-state index contributed by atoms with van der Waals surface area (Å²) in [6.45, 7) is 4.41. The number of carbonyl (C=O) groups is 1. The van der Waals surface area contributed by atoms with Crippen LogP contribution in [0.3, 0.4) is 0 Å². The number of allylic oxidation sites excluding steroid dienone is 2. The number of carbonyl (C=O) groups excluding carboxylic acids is 1. The molecule has 1 atom stereocenters. The van der Waals surface area contributed by atoms with Crippen LogP contribution in [0.1, 0.15) is 5.56 Å². The van der Waals surface area contributed by atoms with Gasteiger partial charge in [-0.2, -0.15) is 0 Å². The van der Waals surface area contributed by atoms with Crippen molar-refractivity contribution in [3.8, 4) is 0 Å². The predicted octanol–water partition coefficient (Wildman–Crippen LogP) is 4.41. The average Bonchev–Trinajstić information content (AvgIpc) is 2.62. The lowest BCUT2D eigenvalue weighted by atomic mass is 10.2. The van der Waals surface area contributed by atoms with Gasteiger partial charge in [0.05, 0.1) is 12.7 Å². The van der Waals surface area contributed by atoms with Gasteiger partial charge in [-0.3, -0.25) is 4.79 Å². The molecule has 2 aromatic carbocycles. The molecule has 0 heterocycles. The molecule has 124 valence electrons. The van der Waals surface area contributed by atoms with E-state index in [1.54, 1.807) is 0 Å². The molecule has 0 N–H and O–H groups in total. The summed E-state index contributed by atoms with van der Waals surface area (Å²) in [7, 11) is -0.561. The molecule has 0 aliphatic rings. The van der Waals surface area contributed by atoms with Gasteiger partial charge in [0.25, 0.3) is 0 Å². The SMILES string of the molecule is COC(=O)[C@@H](/C=C\C=C\c1ccccc1)[Si](C)(C)c1ccccc1. The maximum Gasteiger partial charge on any atom is 0.310 e. The largest absolute Gasteiger partial charge is 0.469 e. The van der Waals surface area contributed by atoms with Crippen molar-refractivity contribution < 1.29 is 9.53 Å². The topological polar surface area (TPSA) is 26.3 Å². The normalized spacial score (nSPS) is 13.3. The van der Waals surface area contributed by atoms with E-state index in [1.165, 1.54) is 12.3 Å². The van der Waals surface area contributed by atoms with Crippen LogP contribution in [0.15, 0.2) is 78.9 Å². The Morgan fingerprint density at radius 2 is 1.54 bits per heavy atom. The lowest BCUT2D eigenvalue weighted by Crippen LogP contribution is -2.48. The Morgan fingerprint density at radius 1 is 0.958 bits per heavy atom. The highest BCUT2D eigenvalue weighted by atomic mass is 28.3. The Kier molecular flexibility index (Phi) is 6.33. The van der Waals surface area contributed by atoms with Crippen molar-refractivity contribution in [2.75, 3.05) is 7.11 Å². The predicted molar refractivity (Wildman–Crippen MR) is 104 cm³/mol. The maximum absolute atomic E-state index is 12.3. The molecule has 2 aromatic rings. The Labute approximate surface area is 145 Å². The van der Waals surface area contributed by atoms with Crippen molar-refractivity contribution in [2.24, 2.45) is 0 Å². The molecule has 0 aliphatic heterocycles. The fourth-order valence-corrected chi connectivity index (χ4v) is 5.40. The average molecular weight is 337 g/mol. The van der Waals surface area contributed by atoms with Crippen LogP contribution in [0, 0.1) is 0 Å². The zero-order chi connectivity index (χ0) is 17.4. The molecule has 0 unspecified atom stereocenters. The number of rotatable bonds is 6. The number of methoxy groups -OCH3 is 1. The third kappa shape index (κ3) is 4.55. The van der Waals surface area contributed by atoms with E-state index in [1.807, 2.05) is 72.8 Å². The molecule has 0 fully saturated rings. The standard InChI is InChI=1S/C21H24O2Si/c1-23-21(22)20(24(2,3)19-15-8-5-9-16-19)17-11-10-14-18-12-6-4-7-13-18/h4-17,20H,1-3H3/b14-10+,17-11-/t20-/m1/s1. The fraction of sp³-hybridized carbons (Fsp3) is 0.190. The molecule has 0 bridgehead atoms. The van der Waals surface area contributed by atoms with E-state index in [0.29, 0.717) is 0 Å². The molecule has 0 radical (unpaired) electrons. The summed E-state index contributed by atoms with van der Waals surface area (Å²) in [6.07, 6.45) is 7.93. The van der Waals surface area contributed by atoms with Crippen molar-refractivity contribution in [2.45, 2.75) is 18.6 Å². The van der Waals surface area contributed by atoms with Crippen LogP contribution < -0.4 is 5.19 Å². The van der Waals surface area contributed by atoms with Gasteiger partial charge >= 0.3 is 5.97 Å². The van der Waals surface area contributed by atoms with Crippen molar-refractivity contribution in [3.05, 3.63) is 84.5 Å². The van der Waals surface area contributed by atoms with Crippen LogP contribution >= 0.6 is 0 Å². The van der Waals surface area contributed by atoms with Gasteiger partial charge in [0.15, 0.2) is 0 Å². The lowest BCUT2D eigenvalue weighted by molar-refractivity contribution is -0.139. The highest BCUT2D eigenvalue weighted by Gasteiger charge is 2.37. The highest BCUT2D eigenvalue weighted by molar-refractivity contribution is 6.93. The van der Waals surface area contributed by atoms with Crippen molar-refractivity contribution >= 4 is 25.3 Å². The molecule has 24 heavy (non-hydrogen) atoms. The number of hydrogen-bond donors (Lipinski definition) is 0. The van der Waals surface area contributed by atoms with Gasteiger partial charge in [0.2, 0.25) is 0 Å². The van der Waals surface area contributed by atoms with E-state index >= 15 is 0 Å². The second kappa shape index (κ2) is 8.46. The van der Waals surface area contributed by atoms with Crippen LogP contribution in [-0.4, -0.2) is 21.2 Å². The summed E-state index contributed by atoms with van der Waals surface area (Å²) in [4.78, 5) is 12.3. The molecule has 0 saturated heterocycles. The minimum atomic E-state index is -2.02. The van der Waals surface area contributed by atoms with Crippen LogP contribution in [0.4, 0.5) is 0 Å². The molecule has 0 saturated carbocycles. The Balaban J connectivity index is 2.21. The number of ether oxygens (including phenoxy) is 1. The summed E-state index contributed by atoms with van der Waals surface area (Å²) < 4.78 is 5.06. The van der Waals surface area contributed by atoms with Gasteiger partial charge in [0, 0.05) is 0 Å². The van der Waals surface area contributed by atoms with E-state index in [-0.39, 0.29) is 11.5 Å². The molecular weight excluding hydrogens is 312 g/mol. The molecule has 0 aromatic heterocycles. The van der Waals surface area contributed by atoms with Crippen molar-refractivity contribution in [1.82, 2.24) is 0 Å². The minimum absolute atomic E-state index is 0.167. The summed E-state index contributed by atoms with van der Waals surface area (Å²) in [5, 5.41) is 1.25. The van der Waals surface area contributed by atoms with Gasteiger partial charge in [-0.1, -0.05) is 103 Å². The molecule has 2 rings (SSSR count). The van der Waals surface area contributed by atoms with Crippen LogP contribution in [0.5, 0.6) is 0 Å². The van der Waals surface area contributed by atoms with E-state index in [0.717, 1.165) is 5.56 Å². The minimum Gasteiger partial charge on any atom is -0.469 e. The summed E-state index contributed by atoms with van der Waals surface area (Å²) in [5.41, 5.74) is 0.918. The van der Waals surface area contributed by atoms with E-state index in [4.69, 9.17) is 4.74 Å². The Hall–Kier alpha value is -2.39. The molecule has 3 heteroatoms. The first kappa shape index (κ1) is 18.0. The zero-order valence-corrected chi connectivity index (χ0v) is 15.5. The molecule has 0 spiro atoms. The number of esters is 1. The van der Waals surface area contributed by atoms with Gasteiger partial charge < -0.3 is 4.74 Å². The van der Waals surface area contributed by atoms with Gasteiger partial charge in [-0.05, 0) is 5.56 Å². The Bertz CT molecular complexity index is 703. The number of benzene rings is 2. The van der Waals surface area contributed by atoms with Crippen LogP contribution in [0.2, 0.25) is 18.6 Å². The molecule has 0 aliphatic carbocycles. The fourth-order valence-electron chi connectivity index (χ4n) is 2.69. The monoisotopic (exact) mass is 336 g/mol. The Morgan fingerprint density at radius 3 is 2.12 bits per heavy atom. The molecule has 2 nitrogen and oxygen atoms in total. The van der Waals surface area contributed by atoms with E-state index in [9.17, 15) is 4.79 Å². The smallest absolute Gasteiger partial charge is 0.310 e. The summed E-state index contributed by atoms with van der Waals surface area (Å²) >= 11 is 0. The molecular formula is C21H24O2Si. The highest BCUT2D eigenvalue weighted by Crippen LogP contribution is 2.25. The van der Waals surface area contributed by atoms with Gasteiger partial charge in [-0.15, -0.1) is 0 Å². The number of hydrogen-bond acceptors (Lipinski definition) is 2. The molecule has 0 amide bonds. The van der Waals surface area contributed by atoms with Crippen molar-refractivity contribution in [1.29, 1.82) is 0 Å². The first-order valence-electron chi connectivity index (χ1n) is 8.09. The second-order valence-electron chi connectivity index (χ2n) is 6.24. The van der Waals surface area contributed by atoms with Gasteiger partial charge in [0.1, 0.15) is 8.07 Å². The third-order valence-electron chi connectivity index (χ3n) is 4.25. The summed E-state index contributed by atoms with van der Waals surface area (Å²) in [5.74, 6) is -0.167. The lowest BCUT2D eigenvalue weighted by Gasteiger charge is -2.28.